The third kappa shape index (κ3) is 3.99. The molecule has 6 heteroatoms. The highest BCUT2D eigenvalue weighted by molar-refractivity contribution is 7.99. The van der Waals surface area contributed by atoms with Gasteiger partial charge in [-0.3, -0.25) is 0 Å². The van der Waals surface area contributed by atoms with Gasteiger partial charge in [0.05, 0.1) is 0 Å². The molecule has 0 heterocycles. The van der Waals surface area contributed by atoms with Gasteiger partial charge in [0.1, 0.15) is 5.82 Å². The number of thioether (sulfide) groups is 1. The van der Waals surface area contributed by atoms with Crippen LogP contribution in [0.3, 0.4) is 0 Å². The molecule has 1 rings (SSSR count). The van der Waals surface area contributed by atoms with E-state index in [4.69, 9.17) is 0 Å². The molecule has 0 saturated carbocycles. The van der Waals surface area contributed by atoms with Crippen LogP contribution in [0.5, 0.6) is 0 Å². The summed E-state index contributed by atoms with van der Waals surface area (Å²) >= 11 is 0.926. The lowest BCUT2D eigenvalue weighted by atomic mass is 9.82. The molecule has 0 radical (unpaired) electrons. The average molecular weight is 235 g/mol. The highest BCUT2D eigenvalue weighted by Gasteiger charge is 2.26. The van der Waals surface area contributed by atoms with Gasteiger partial charge < -0.3 is 12.9 Å². The second-order valence-corrected chi connectivity index (χ2v) is 4.03. The third-order valence-corrected chi connectivity index (χ3v) is 2.79. The SMILES string of the molecule is C=C(CSc1cccc(F)c1)[B-](F)(F)F. The monoisotopic (exact) mass is 235 g/mol. The van der Waals surface area contributed by atoms with Gasteiger partial charge in [-0.1, -0.05) is 6.07 Å². The average Bonchev–Trinajstić information content (AvgIpc) is 2.12. The predicted octanol–water partition coefficient (Wildman–Crippen LogP) is 3.86. The number of benzene rings is 1. The Balaban J connectivity index is 2.55. The molecule has 0 amide bonds. The van der Waals surface area contributed by atoms with E-state index in [1.165, 1.54) is 18.2 Å². The lowest BCUT2D eigenvalue weighted by molar-refractivity contribution is 0.491. The van der Waals surface area contributed by atoms with E-state index in [1.807, 2.05) is 0 Å². The lowest BCUT2D eigenvalue weighted by Gasteiger charge is -2.17. The first-order valence-corrected chi connectivity index (χ1v) is 5.14. The smallest absolute Gasteiger partial charge is 0.445 e. The second kappa shape index (κ2) is 4.74. The number of rotatable bonds is 4. The Kier molecular flexibility index (Phi) is 3.85. The van der Waals surface area contributed by atoms with Crippen LogP contribution in [0, 0.1) is 5.82 Å². The van der Waals surface area contributed by atoms with Gasteiger partial charge in [0.25, 0.3) is 0 Å². The van der Waals surface area contributed by atoms with Crippen molar-refractivity contribution < 1.29 is 17.3 Å². The molecule has 0 aliphatic carbocycles. The highest BCUT2D eigenvalue weighted by Crippen LogP contribution is 2.26. The Bertz CT molecular complexity index is 361. The van der Waals surface area contributed by atoms with Crippen LogP contribution in [0.4, 0.5) is 17.3 Å². The molecular weight excluding hydrogens is 227 g/mol. The van der Waals surface area contributed by atoms with Gasteiger partial charge in [0.15, 0.2) is 0 Å². The van der Waals surface area contributed by atoms with Crippen molar-refractivity contribution in [1.82, 2.24) is 0 Å². The van der Waals surface area contributed by atoms with Gasteiger partial charge in [-0.2, -0.15) is 0 Å². The van der Waals surface area contributed by atoms with Crippen LogP contribution in [-0.4, -0.2) is 12.7 Å². The van der Waals surface area contributed by atoms with Crippen molar-refractivity contribution in [1.29, 1.82) is 0 Å². The van der Waals surface area contributed by atoms with Gasteiger partial charge in [-0.25, -0.2) is 4.39 Å². The fraction of sp³-hybridized carbons (Fsp3) is 0.111. The van der Waals surface area contributed by atoms with Gasteiger partial charge in [-0.05, 0) is 24.0 Å². The fourth-order valence-electron chi connectivity index (χ4n) is 0.827. The first kappa shape index (κ1) is 12.2. The summed E-state index contributed by atoms with van der Waals surface area (Å²) in [7, 11) is 0. The Morgan fingerprint density at radius 1 is 1.33 bits per heavy atom. The molecule has 0 saturated heterocycles. The summed E-state index contributed by atoms with van der Waals surface area (Å²) < 4.78 is 49.0. The van der Waals surface area contributed by atoms with E-state index in [9.17, 15) is 17.3 Å². The molecule has 1 aromatic rings. The summed E-state index contributed by atoms with van der Waals surface area (Å²) in [5, 5.41) is 0. The minimum Gasteiger partial charge on any atom is -0.445 e. The molecule has 0 spiro atoms. The summed E-state index contributed by atoms with van der Waals surface area (Å²) in [5.41, 5.74) is -0.760. The van der Waals surface area contributed by atoms with Crippen LogP contribution < -0.4 is 0 Å². The maximum absolute atomic E-state index is 12.7. The molecule has 0 atom stereocenters. The van der Waals surface area contributed by atoms with E-state index in [-0.39, 0.29) is 5.75 Å². The van der Waals surface area contributed by atoms with Crippen LogP contribution in [-0.2, 0) is 0 Å². The number of hydrogen-bond donors (Lipinski definition) is 0. The molecule has 0 aliphatic rings. The van der Waals surface area contributed by atoms with Crippen molar-refractivity contribution in [3.8, 4) is 0 Å². The molecule has 0 unspecified atom stereocenters. The largest absolute Gasteiger partial charge is 0.505 e. The number of hydrogen-bond acceptors (Lipinski definition) is 1. The molecule has 15 heavy (non-hydrogen) atoms. The predicted molar refractivity (Wildman–Crippen MR) is 55.3 cm³/mol. The first-order valence-electron chi connectivity index (χ1n) is 4.15. The molecule has 0 aromatic heterocycles. The topological polar surface area (TPSA) is 0 Å². The van der Waals surface area contributed by atoms with Crippen LogP contribution >= 0.6 is 11.8 Å². The van der Waals surface area contributed by atoms with Crippen molar-refractivity contribution in [2.24, 2.45) is 0 Å². The van der Waals surface area contributed by atoms with Gasteiger partial charge in [-0.15, -0.1) is 23.8 Å². The zero-order chi connectivity index (χ0) is 11.5. The Morgan fingerprint density at radius 2 is 2.00 bits per heavy atom. The molecule has 0 N–H and O–H groups in total. The van der Waals surface area contributed by atoms with Crippen LogP contribution in [0.2, 0.25) is 0 Å². The Labute approximate surface area is 89.4 Å². The summed E-state index contributed by atoms with van der Waals surface area (Å²) in [6, 6.07) is 5.46. The third-order valence-electron chi connectivity index (χ3n) is 1.68. The molecule has 0 aliphatic heterocycles. The second-order valence-electron chi connectivity index (χ2n) is 2.98. The van der Waals surface area contributed by atoms with E-state index in [0.717, 1.165) is 11.8 Å². The van der Waals surface area contributed by atoms with Crippen molar-refractivity contribution >= 4 is 18.7 Å². The van der Waals surface area contributed by atoms with Crippen molar-refractivity contribution in [3.63, 3.8) is 0 Å². The lowest BCUT2D eigenvalue weighted by Crippen LogP contribution is -2.20. The van der Waals surface area contributed by atoms with Crippen molar-refractivity contribution in [2.75, 3.05) is 5.75 Å². The van der Waals surface area contributed by atoms with Crippen molar-refractivity contribution in [3.05, 3.63) is 42.1 Å². The van der Waals surface area contributed by atoms with Gasteiger partial charge in [0, 0.05) is 4.90 Å². The van der Waals surface area contributed by atoms with Crippen LogP contribution in [0.15, 0.2) is 41.2 Å². The molecule has 1 aromatic carbocycles. The maximum atomic E-state index is 12.7. The molecule has 82 valence electrons. The summed E-state index contributed by atoms with van der Waals surface area (Å²) in [6.45, 7) is -2.04. The fourth-order valence-corrected chi connectivity index (χ4v) is 1.74. The first-order chi connectivity index (χ1) is 6.89. The van der Waals surface area contributed by atoms with E-state index < -0.39 is 18.3 Å². The highest BCUT2D eigenvalue weighted by atomic mass is 32.2. The molecule has 0 nitrogen and oxygen atoms in total. The molecular formula is C9H8BF4S-. The maximum Gasteiger partial charge on any atom is 0.505 e. The summed E-state index contributed by atoms with van der Waals surface area (Å²) in [6.07, 6.45) is 0. The van der Waals surface area contributed by atoms with E-state index >= 15 is 0 Å². The quantitative estimate of drug-likeness (QED) is 0.433. The number of halogens is 4. The van der Waals surface area contributed by atoms with Crippen molar-refractivity contribution in [2.45, 2.75) is 4.90 Å². The zero-order valence-corrected chi connectivity index (χ0v) is 8.54. The molecule has 0 bridgehead atoms. The minimum atomic E-state index is -4.99. The van der Waals surface area contributed by atoms with Crippen LogP contribution in [0.1, 0.15) is 0 Å². The summed E-state index contributed by atoms with van der Waals surface area (Å²) in [5.74, 6) is -0.712. The van der Waals surface area contributed by atoms with Gasteiger partial charge >= 0.3 is 6.98 Å². The van der Waals surface area contributed by atoms with Gasteiger partial charge in [0.2, 0.25) is 0 Å². The van der Waals surface area contributed by atoms with E-state index in [2.05, 4.69) is 6.58 Å². The van der Waals surface area contributed by atoms with E-state index in [1.54, 1.807) is 6.07 Å². The molecule has 0 fully saturated rings. The Hall–Kier alpha value is -0.905. The Morgan fingerprint density at radius 3 is 2.53 bits per heavy atom. The summed E-state index contributed by atoms with van der Waals surface area (Å²) in [4.78, 5) is 0.469. The normalized spacial score (nSPS) is 11.5. The minimum absolute atomic E-state index is 0.257. The standard InChI is InChI=1S/C9H8BF4S/c1-7(10(12,13)14)6-15-9-4-2-3-8(11)5-9/h2-5H,1,6H2/q-1. The van der Waals surface area contributed by atoms with E-state index in [0.29, 0.717) is 4.90 Å². The van der Waals surface area contributed by atoms with Crippen LogP contribution in [0.25, 0.3) is 0 Å². The zero-order valence-electron chi connectivity index (χ0n) is 7.72.